The van der Waals surface area contributed by atoms with Crippen LogP contribution in [0.25, 0.3) is 0 Å². The number of ether oxygens (including phenoxy) is 1. The molecule has 0 bridgehead atoms. The van der Waals surface area contributed by atoms with Crippen LogP contribution in [0.2, 0.25) is 0 Å². The number of hydrogen-bond donors (Lipinski definition) is 0. The Balaban J connectivity index is 1.86. The first kappa shape index (κ1) is 11.9. The predicted molar refractivity (Wildman–Crippen MR) is 71.4 cm³/mol. The summed E-state index contributed by atoms with van der Waals surface area (Å²) in [5.74, 6) is 1.58. The number of benzene rings is 1. The lowest BCUT2D eigenvalue weighted by Crippen LogP contribution is -2.06. The van der Waals surface area contributed by atoms with Crippen molar-refractivity contribution in [3.63, 3.8) is 0 Å². The average Bonchev–Trinajstić information content (AvgIpc) is 3.23. The molecule has 0 spiro atoms. The summed E-state index contributed by atoms with van der Waals surface area (Å²) in [6.07, 6.45) is 6.06. The number of isocyanates is 1. The summed E-state index contributed by atoms with van der Waals surface area (Å²) < 4.78 is 6.75. The van der Waals surface area contributed by atoms with Gasteiger partial charge in [-0.05, 0) is 59.2 Å². The molecule has 0 heterocycles. The largest absolute Gasteiger partial charge is 0.492 e. The van der Waals surface area contributed by atoms with Crippen molar-refractivity contribution in [3.05, 3.63) is 28.2 Å². The van der Waals surface area contributed by atoms with Crippen LogP contribution in [0, 0.1) is 5.92 Å². The number of nitrogens with zero attached hydrogens (tertiary/aromatic N) is 1. The minimum absolute atomic E-state index is 0.348. The Morgan fingerprint density at radius 2 is 2.22 bits per heavy atom. The molecule has 1 aromatic rings. The zero-order valence-corrected chi connectivity index (χ0v) is 11.6. The van der Waals surface area contributed by atoms with Crippen LogP contribution in [0.4, 0.5) is 0 Å². The summed E-state index contributed by atoms with van der Waals surface area (Å²) in [5.41, 5.74) is 0.693. The van der Waals surface area contributed by atoms with Gasteiger partial charge < -0.3 is 4.74 Å². The van der Waals surface area contributed by atoms with E-state index in [2.05, 4.69) is 20.9 Å². The third-order valence-corrected chi connectivity index (χ3v) is 4.44. The molecule has 2 fully saturated rings. The maximum atomic E-state index is 10.5. The van der Waals surface area contributed by atoms with Gasteiger partial charge in [0.1, 0.15) is 5.75 Å². The van der Waals surface area contributed by atoms with Gasteiger partial charge in [0.05, 0.1) is 16.6 Å². The molecule has 4 heteroatoms. The molecule has 2 aliphatic rings. The molecule has 3 nitrogen and oxygen atoms in total. The third-order valence-electron chi connectivity index (χ3n) is 3.62. The topological polar surface area (TPSA) is 38.7 Å². The van der Waals surface area contributed by atoms with E-state index in [-0.39, 0.29) is 5.54 Å². The van der Waals surface area contributed by atoms with Gasteiger partial charge in [0, 0.05) is 0 Å². The molecule has 0 unspecified atom stereocenters. The number of rotatable bonds is 5. The molecule has 0 aromatic heterocycles. The van der Waals surface area contributed by atoms with Gasteiger partial charge >= 0.3 is 0 Å². The van der Waals surface area contributed by atoms with Crippen molar-refractivity contribution in [2.24, 2.45) is 10.9 Å². The standard InChI is InChI=1S/C14H14BrNO2/c15-13-11(14(6-7-14)16-9-17)2-1-3-12(13)18-8-10-4-5-10/h1-3,10H,4-8H2. The van der Waals surface area contributed by atoms with E-state index in [1.54, 1.807) is 6.08 Å². The van der Waals surface area contributed by atoms with E-state index < -0.39 is 0 Å². The van der Waals surface area contributed by atoms with Gasteiger partial charge in [-0.25, -0.2) is 4.79 Å². The molecule has 0 atom stereocenters. The first-order valence-electron chi connectivity index (χ1n) is 6.26. The van der Waals surface area contributed by atoms with Crippen LogP contribution in [-0.2, 0) is 10.3 Å². The van der Waals surface area contributed by atoms with Crippen LogP contribution in [-0.4, -0.2) is 12.7 Å². The van der Waals surface area contributed by atoms with Gasteiger partial charge in [0.25, 0.3) is 0 Å². The summed E-state index contributed by atoms with van der Waals surface area (Å²) in [6, 6.07) is 5.92. The second-order valence-corrected chi connectivity index (χ2v) is 5.90. The second-order valence-electron chi connectivity index (χ2n) is 5.11. The van der Waals surface area contributed by atoms with E-state index in [0.29, 0.717) is 0 Å². The molecule has 2 aliphatic carbocycles. The Morgan fingerprint density at radius 1 is 1.44 bits per heavy atom. The van der Waals surface area contributed by atoms with Crippen LogP contribution >= 0.6 is 15.9 Å². The van der Waals surface area contributed by atoms with Crippen molar-refractivity contribution in [2.75, 3.05) is 6.61 Å². The van der Waals surface area contributed by atoms with Crippen LogP contribution in [0.3, 0.4) is 0 Å². The van der Waals surface area contributed by atoms with E-state index in [0.717, 1.165) is 41.2 Å². The highest BCUT2D eigenvalue weighted by Crippen LogP contribution is 2.52. The Kier molecular flexibility index (Phi) is 3.00. The van der Waals surface area contributed by atoms with E-state index in [9.17, 15) is 4.79 Å². The van der Waals surface area contributed by atoms with Crippen molar-refractivity contribution in [1.29, 1.82) is 0 Å². The number of aliphatic imine (C=N–C) groups is 1. The zero-order chi connectivity index (χ0) is 12.6. The highest BCUT2D eigenvalue weighted by Gasteiger charge is 2.46. The molecular formula is C14H14BrNO2. The Bertz CT molecular complexity index is 515. The molecule has 18 heavy (non-hydrogen) atoms. The molecule has 0 saturated heterocycles. The zero-order valence-electron chi connectivity index (χ0n) is 9.99. The maximum Gasteiger partial charge on any atom is 0.235 e. The Hall–Kier alpha value is -1.12. The fraction of sp³-hybridized carbons (Fsp3) is 0.500. The minimum atomic E-state index is -0.348. The lowest BCUT2D eigenvalue weighted by atomic mass is 10.1. The van der Waals surface area contributed by atoms with Crippen LogP contribution in [0.5, 0.6) is 5.75 Å². The monoisotopic (exact) mass is 307 g/mol. The fourth-order valence-electron chi connectivity index (χ4n) is 2.12. The molecule has 0 aliphatic heterocycles. The van der Waals surface area contributed by atoms with E-state index in [1.165, 1.54) is 12.8 Å². The summed E-state index contributed by atoms with van der Waals surface area (Å²) in [4.78, 5) is 14.5. The van der Waals surface area contributed by atoms with Gasteiger partial charge in [-0.1, -0.05) is 12.1 Å². The van der Waals surface area contributed by atoms with Crippen LogP contribution in [0.15, 0.2) is 27.7 Å². The predicted octanol–water partition coefficient (Wildman–Crippen LogP) is 3.56. The van der Waals surface area contributed by atoms with Crippen LogP contribution in [0.1, 0.15) is 31.2 Å². The molecule has 2 saturated carbocycles. The molecule has 1 aromatic carbocycles. The highest BCUT2D eigenvalue weighted by atomic mass is 79.9. The first-order valence-corrected chi connectivity index (χ1v) is 7.05. The van der Waals surface area contributed by atoms with Gasteiger partial charge in [0.2, 0.25) is 6.08 Å². The van der Waals surface area contributed by atoms with Gasteiger partial charge in [0.15, 0.2) is 0 Å². The Labute approximate surface area is 114 Å². The SMILES string of the molecule is O=C=NC1(c2cccc(OCC3CC3)c2Br)CC1. The van der Waals surface area contributed by atoms with Gasteiger partial charge in [-0.2, -0.15) is 4.99 Å². The number of halogens is 1. The molecule has 94 valence electrons. The summed E-state index contributed by atoms with van der Waals surface area (Å²) in [5, 5.41) is 0. The first-order chi connectivity index (χ1) is 8.75. The minimum Gasteiger partial charge on any atom is -0.492 e. The van der Waals surface area contributed by atoms with Gasteiger partial charge in [-0.15, -0.1) is 0 Å². The van der Waals surface area contributed by atoms with E-state index in [4.69, 9.17) is 4.74 Å². The Morgan fingerprint density at radius 3 is 2.83 bits per heavy atom. The lowest BCUT2D eigenvalue weighted by molar-refractivity contribution is 0.297. The third kappa shape index (κ3) is 2.23. The summed E-state index contributed by atoms with van der Waals surface area (Å²) in [6.45, 7) is 0.784. The molecule has 3 rings (SSSR count). The molecule has 0 radical (unpaired) electrons. The summed E-state index contributed by atoms with van der Waals surface area (Å²) >= 11 is 3.58. The fourth-order valence-corrected chi connectivity index (χ4v) is 2.87. The normalized spacial score (nSPS) is 20.1. The second kappa shape index (κ2) is 4.52. The highest BCUT2D eigenvalue weighted by molar-refractivity contribution is 9.10. The van der Waals surface area contributed by atoms with E-state index in [1.807, 2.05) is 18.2 Å². The summed E-state index contributed by atoms with van der Waals surface area (Å²) in [7, 11) is 0. The van der Waals surface area contributed by atoms with Crippen molar-refractivity contribution in [2.45, 2.75) is 31.2 Å². The van der Waals surface area contributed by atoms with Crippen molar-refractivity contribution < 1.29 is 9.53 Å². The smallest absolute Gasteiger partial charge is 0.235 e. The van der Waals surface area contributed by atoms with Crippen LogP contribution < -0.4 is 4.74 Å². The number of carbonyl (C=O) groups excluding carboxylic acids is 1. The lowest BCUT2D eigenvalue weighted by Gasteiger charge is -2.14. The molecule has 0 amide bonds. The van der Waals surface area contributed by atoms with Gasteiger partial charge in [-0.3, -0.25) is 0 Å². The van der Waals surface area contributed by atoms with Crippen molar-refractivity contribution in [3.8, 4) is 5.75 Å². The molecule has 0 N–H and O–H groups in total. The average molecular weight is 308 g/mol. The van der Waals surface area contributed by atoms with E-state index >= 15 is 0 Å². The van der Waals surface area contributed by atoms with Crippen molar-refractivity contribution in [1.82, 2.24) is 0 Å². The van der Waals surface area contributed by atoms with Crippen molar-refractivity contribution >= 4 is 22.0 Å². The maximum absolute atomic E-state index is 10.5. The molecular weight excluding hydrogens is 294 g/mol. The quantitative estimate of drug-likeness (QED) is 0.616. The number of hydrogen-bond acceptors (Lipinski definition) is 3.